The molecule has 8 heteroatoms. The summed E-state index contributed by atoms with van der Waals surface area (Å²) in [5.74, 6) is -4.11. The maximum absolute atomic E-state index is 12.8. The van der Waals surface area contributed by atoms with Crippen molar-refractivity contribution in [3.05, 3.63) is 0 Å². The summed E-state index contributed by atoms with van der Waals surface area (Å²) in [6.45, 7) is 2.86. The Morgan fingerprint density at radius 3 is 1.55 bits per heavy atom. The van der Waals surface area contributed by atoms with Crippen LogP contribution in [0.2, 0.25) is 0 Å². The molecule has 0 atom stereocenters. The maximum atomic E-state index is 12.8. The van der Waals surface area contributed by atoms with Gasteiger partial charge in [-0.05, 0) is 12.8 Å². The number of unbranched alkanes of at least 4 members (excludes halogenated alkanes) is 2. The molecule has 0 radical (unpaired) electrons. The molecule has 0 aromatic heterocycles. The van der Waals surface area contributed by atoms with E-state index in [1.165, 1.54) is 0 Å². The van der Waals surface area contributed by atoms with Gasteiger partial charge in [-0.25, -0.2) is 9.59 Å². The van der Waals surface area contributed by atoms with Gasteiger partial charge < -0.3 is 14.6 Å². The van der Waals surface area contributed by atoms with Gasteiger partial charge in [0.1, 0.15) is 0 Å². The van der Waals surface area contributed by atoms with E-state index in [1.807, 2.05) is 0 Å². The van der Waals surface area contributed by atoms with Crippen LogP contribution in [0.3, 0.4) is 0 Å². The van der Waals surface area contributed by atoms with E-state index in [0.717, 1.165) is 0 Å². The summed E-state index contributed by atoms with van der Waals surface area (Å²) in [6, 6.07) is 0. The highest BCUT2D eigenvalue weighted by Crippen LogP contribution is 2.33. The van der Waals surface area contributed by atoms with Gasteiger partial charge in [0.05, 0.1) is 13.2 Å². The summed E-state index contributed by atoms with van der Waals surface area (Å²) >= 11 is 0. The number of esters is 2. The second-order valence-corrected chi connectivity index (χ2v) is 4.19. The smallest absolute Gasteiger partial charge is 0.439 e. The zero-order valence-corrected chi connectivity index (χ0v) is 11.5. The Bertz CT molecular complexity index is 306. The summed E-state index contributed by atoms with van der Waals surface area (Å²) in [5, 5.41) is 9.41. The Morgan fingerprint density at radius 2 is 1.30 bits per heavy atom. The number of carbonyl (C=O) groups is 2. The van der Waals surface area contributed by atoms with E-state index in [0.29, 0.717) is 25.7 Å². The van der Waals surface area contributed by atoms with Crippen LogP contribution in [0.15, 0.2) is 0 Å². The molecular formula is C12H19F3O5. The molecule has 0 aliphatic carbocycles. The third kappa shape index (κ3) is 4.66. The SMILES string of the molecule is CCCCOC(=O)C(O)(C(=O)OCCCC)C(F)(F)F. The maximum Gasteiger partial charge on any atom is 0.439 e. The van der Waals surface area contributed by atoms with Crippen molar-refractivity contribution in [3.63, 3.8) is 0 Å². The topological polar surface area (TPSA) is 72.8 Å². The standard InChI is InChI=1S/C12H19F3O5/c1-3-5-7-19-9(16)11(18,12(13,14)15)10(17)20-8-6-4-2/h18H,3-8H2,1-2H3. The van der Waals surface area contributed by atoms with Crippen LogP contribution in [0.5, 0.6) is 0 Å². The summed E-state index contributed by atoms with van der Waals surface area (Å²) < 4.78 is 46.9. The normalized spacial score (nSPS) is 12.1. The Kier molecular flexibility index (Phi) is 7.55. The fourth-order valence-electron chi connectivity index (χ4n) is 1.14. The third-order valence-corrected chi connectivity index (χ3v) is 2.46. The molecule has 118 valence electrons. The number of halogens is 3. The second kappa shape index (κ2) is 8.08. The first kappa shape index (κ1) is 18.7. The molecule has 0 saturated carbocycles. The fraction of sp³-hybridized carbons (Fsp3) is 0.833. The summed E-state index contributed by atoms with van der Waals surface area (Å²) in [5.41, 5.74) is -4.27. The van der Waals surface area contributed by atoms with Crippen LogP contribution in [0.4, 0.5) is 13.2 Å². The number of rotatable bonds is 8. The Balaban J connectivity index is 4.91. The van der Waals surface area contributed by atoms with Gasteiger partial charge in [0, 0.05) is 0 Å². The van der Waals surface area contributed by atoms with Gasteiger partial charge in [-0.1, -0.05) is 26.7 Å². The van der Waals surface area contributed by atoms with Crippen molar-refractivity contribution in [3.8, 4) is 0 Å². The van der Waals surface area contributed by atoms with Crippen LogP contribution in [-0.2, 0) is 19.1 Å². The molecule has 20 heavy (non-hydrogen) atoms. The number of alkyl halides is 3. The highest BCUT2D eigenvalue weighted by atomic mass is 19.4. The molecule has 1 N–H and O–H groups in total. The van der Waals surface area contributed by atoms with Crippen molar-refractivity contribution in [1.82, 2.24) is 0 Å². The number of hydrogen-bond acceptors (Lipinski definition) is 5. The first-order valence-corrected chi connectivity index (χ1v) is 6.35. The first-order chi connectivity index (χ1) is 9.21. The largest absolute Gasteiger partial charge is 0.463 e. The molecule has 0 rings (SSSR count). The van der Waals surface area contributed by atoms with Crippen LogP contribution in [-0.4, -0.2) is 42.0 Å². The molecule has 0 spiro atoms. The molecule has 0 heterocycles. The minimum atomic E-state index is -5.50. The monoisotopic (exact) mass is 300 g/mol. The Morgan fingerprint density at radius 1 is 0.950 bits per heavy atom. The van der Waals surface area contributed by atoms with E-state index < -0.39 is 23.7 Å². The van der Waals surface area contributed by atoms with E-state index in [9.17, 15) is 27.9 Å². The van der Waals surface area contributed by atoms with Crippen molar-refractivity contribution in [2.45, 2.75) is 51.3 Å². The molecule has 0 bridgehead atoms. The van der Waals surface area contributed by atoms with Gasteiger partial charge in [0.25, 0.3) is 0 Å². The molecule has 5 nitrogen and oxygen atoms in total. The van der Waals surface area contributed by atoms with Crippen molar-refractivity contribution in [2.75, 3.05) is 13.2 Å². The van der Waals surface area contributed by atoms with Crippen LogP contribution in [0.1, 0.15) is 39.5 Å². The predicted molar refractivity (Wildman–Crippen MR) is 62.7 cm³/mol. The fourth-order valence-corrected chi connectivity index (χ4v) is 1.14. The molecule has 0 aliphatic rings. The molecular weight excluding hydrogens is 281 g/mol. The van der Waals surface area contributed by atoms with E-state index in [4.69, 9.17) is 0 Å². The molecule has 0 fully saturated rings. The van der Waals surface area contributed by atoms with E-state index in [2.05, 4.69) is 9.47 Å². The van der Waals surface area contributed by atoms with Gasteiger partial charge in [-0.2, -0.15) is 13.2 Å². The van der Waals surface area contributed by atoms with E-state index in [1.54, 1.807) is 13.8 Å². The lowest BCUT2D eigenvalue weighted by Crippen LogP contribution is -2.59. The van der Waals surface area contributed by atoms with Gasteiger partial charge in [-0.15, -0.1) is 0 Å². The lowest BCUT2D eigenvalue weighted by Gasteiger charge is -2.26. The lowest BCUT2D eigenvalue weighted by atomic mass is 10.0. The average molecular weight is 300 g/mol. The molecule has 0 unspecified atom stereocenters. The molecule has 0 aromatic carbocycles. The Hall–Kier alpha value is -1.31. The van der Waals surface area contributed by atoms with E-state index >= 15 is 0 Å². The van der Waals surface area contributed by atoms with Crippen LogP contribution in [0.25, 0.3) is 0 Å². The second-order valence-electron chi connectivity index (χ2n) is 4.19. The highest BCUT2D eigenvalue weighted by molar-refractivity contribution is 6.04. The number of carbonyl (C=O) groups excluding carboxylic acids is 2. The zero-order chi connectivity index (χ0) is 15.8. The van der Waals surface area contributed by atoms with Crippen LogP contribution < -0.4 is 0 Å². The van der Waals surface area contributed by atoms with Gasteiger partial charge in [0.2, 0.25) is 0 Å². The number of hydrogen-bond donors (Lipinski definition) is 1. The molecule has 0 amide bonds. The number of aliphatic hydroxyl groups is 1. The van der Waals surface area contributed by atoms with Crippen molar-refractivity contribution in [1.29, 1.82) is 0 Å². The van der Waals surface area contributed by atoms with Gasteiger partial charge in [0.15, 0.2) is 0 Å². The van der Waals surface area contributed by atoms with Gasteiger partial charge >= 0.3 is 23.7 Å². The number of ether oxygens (including phenoxy) is 2. The Labute approximate surface area is 115 Å². The predicted octanol–water partition coefficient (Wildman–Crippen LogP) is 1.97. The quantitative estimate of drug-likeness (QED) is 0.421. The first-order valence-electron chi connectivity index (χ1n) is 6.35. The van der Waals surface area contributed by atoms with Crippen LogP contribution in [0, 0.1) is 0 Å². The minimum Gasteiger partial charge on any atom is -0.463 e. The summed E-state index contributed by atoms with van der Waals surface area (Å²) in [7, 11) is 0. The van der Waals surface area contributed by atoms with Crippen molar-refractivity contribution >= 4 is 11.9 Å². The third-order valence-electron chi connectivity index (χ3n) is 2.46. The summed E-state index contributed by atoms with van der Waals surface area (Å²) in [4.78, 5) is 22.7. The van der Waals surface area contributed by atoms with E-state index in [-0.39, 0.29) is 13.2 Å². The zero-order valence-electron chi connectivity index (χ0n) is 11.5. The molecule has 0 aliphatic heterocycles. The van der Waals surface area contributed by atoms with Crippen LogP contribution >= 0.6 is 0 Å². The highest BCUT2D eigenvalue weighted by Gasteiger charge is 2.68. The van der Waals surface area contributed by atoms with Crippen molar-refractivity contribution in [2.24, 2.45) is 0 Å². The molecule has 0 aromatic rings. The average Bonchev–Trinajstić information content (AvgIpc) is 2.36. The summed E-state index contributed by atoms with van der Waals surface area (Å²) in [6.07, 6.45) is -3.69. The van der Waals surface area contributed by atoms with Crippen molar-refractivity contribution < 1.29 is 37.3 Å². The lowest BCUT2D eigenvalue weighted by molar-refractivity contribution is -0.264. The van der Waals surface area contributed by atoms with Gasteiger partial charge in [-0.3, -0.25) is 0 Å². The molecule has 0 saturated heterocycles. The minimum absolute atomic E-state index is 0.310.